The number of halogens is 2. The van der Waals surface area contributed by atoms with Gasteiger partial charge in [0.2, 0.25) is 0 Å². The summed E-state index contributed by atoms with van der Waals surface area (Å²) in [6.07, 6.45) is 3.33. The molecular weight excluding hydrogens is 361 g/mol. The van der Waals surface area contributed by atoms with E-state index < -0.39 is 0 Å². The summed E-state index contributed by atoms with van der Waals surface area (Å²) >= 11 is 3.18. The second kappa shape index (κ2) is 6.06. The van der Waals surface area contributed by atoms with Gasteiger partial charge < -0.3 is 15.0 Å². The molecule has 6 heteroatoms. The number of ether oxygens (including phenoxy) is 1. The molecule has 4 unspecified atom stereocenters. The van der Waals surface area contributed by atoms with Gasteiger partial charge in [-0.15, -0.1) is 0 Å². The van der Waals surface area contributed by atoms with Crippen molar-refractivity contribution in [2.45, 2.75) is 31.6 Å². The third kappa shape index (κ3) is 2.76. The average molecular weight is 382 g/mol. The Morgan fingerprint density at radius 3 is 2.65 bits per heavy atom. The standard InChI is InChI=1S/C17H21BrFN3O/c1-20-17(21-7-10-2-3-13(18)14(19)6-10)22-8-11-12(9-22)16-5-4-15(11)23-16/h2-3,6,11-12,15-16H,4-5,7-9H2,1H3,(H,20,21). The van der Waals surface area contributed by atoms with Gasteiger partial charge in [-0.25, -0.2) is 4.39 Å². The molecule has 23 heavy (non-hydrogen) atoms. The maximum absolute atomic E-state index is 13.6. The molecule has 3 aliphatic heterocycles. The van der Waals surface area contributed by atoms with E-state index in [-0.39, 0.29) is 5.82 Å². The summed E-state index contributed by atoms with van der Waals surface area (Å²) in [6, 6.07) is 5.21. The van der Waals surface area contributed by atoms with E-state index in [0.29, 0.717) is 35.1 Å². The maximum atomic E-state index is 13.6. The van der Waals surface area contributed by atoms with Crippen LogP contribution in [0.25, 0.3) is 0 Å². The van der Waals surface area contributed by atoms with Gasteiger partial charge in [-0.1, -0.05) is 6.07 Å². The van der Waals surface area contributed by atoms with E-state index >= 15 is 0 Å². The van der Waals surface area contributed by atoms with Crippen LogP contribution in [0.15, 0.2) is 27.7 Å². The van der Waals surface area contributed by atoms with Crippen LogP contribution < -0.4 is 5.32 Å². The molecule has 1 N–H and O–H groups in total. The van der Waals surface area contributed by atoms with E-state index in [0.717, 1.165) is 24.6 Å². The molecule has 0 saturated carbocycles. The van der Waals surface area contributed by atoms with Crippen LogP contribution in [-0.2, 0) is 11.3 Å². The number of fused-ring (bicyclic) bond motifs is 5. The predicted octanol–water partition coefficient (Wildman–Crippen LogP) is 2.77. The fraction of sp³-hybridized carbons (Fsp3) is 0.588. The third-order valence-electron chi connectivity index (χ3n) is 5.40. The minimum Gasteiger partial charge on any atom is -0.374 e. The molecule has 0 aromatic heterocycles. The van der Waals surface area contributed by atoms with Gasteiger partial charge in [-0.05, 0) is 46.5 Å². The molecule has 4 atom stereocenters. The van der Waals surface area contributed by atoms with Crippen LogP contribution in [0.4, 0.5) is 4.39 Å². The molecule has 1 aromatic rings. The topological polar surface area (TPSA) is 36.9 Å². The van der Waals surface area contributed by atoms with Crippen molar-refractivity contribution in [2.75, 3.05) is 20.1 Å². The molecule has 3 heterocycles. The SMILES string of the molecule is CN=C(NCc1ccc(Br)c(F)c1)N1CC2C3CCC(O3)C2C1. The first-order valence-electron chi connectivity index (χ1n) is 8.20. The number of hydrogen-bond acceptors (Lipinski definition) is 2. The summed E-state index contributed by atoms with van der Waals surface area (Å²) in [5.41, 5.74) is 0.912. The molecule has 1 aromatic carbocycles. The number of benzene rings is 1. The normalized spacial score (nSPS) is 32.5. The molecule has 0 amide bonds. The number of likely N-dealkylation sites (tertiary alicyclic amines) is 1. The summed E-state index contributed by atoms with van der Waals surface area (Å²) in [4.78, 5) is 6.74. The van der Waals surface area contributed by atoms with Crippen LogP contribution in [0, 0.1) is 17.7 Å². The average Bonchev–Trinajstić information content (AvgIpc) is 3.23. The Kier molecular flexibility index (Phi) is 4.05. The van der Waals surface area contributed by atoms with E-state index in [4.69, 9.17) is 4.74 Å². The van der Waals surface area contributed by atoms with Crippen molar-refractivity contribution in [1.82, 2.24) is 10.2 Å². The molecule has 4 nitrogen and oxygen atoms in total. The molecule has 0 spiro atoms. The lowest BCUT2D eigenvalue weighted by Gasteiger charge is -2.23. The minimum atomic E-state index is -0.233. The van der Waals surface area contributed by atoms with Gasteiger partial charge in [0.25, 0.3) is 0 Å². The van der Waals surface area contributed by atoms with Crippen molar-refractivity contribution in [2.24, 2.45) is 16.8 Å². The van der Waals surface area contributed by atoms with Gasteiger partial charge in [0.15, 0.2) is 5.96 Å². The van der Waals surface area contributed by atoms with Crippen molar-refractivity contribution in [3.63, 3.8) is 0 Å². The van der Waals surface area contributed by atoms with Crippen molar-refractivity contribution in [3.05, 3.63) is 34.1 Å². The number of nitrogens with one attached hydrogen (secondary N) is 1. The lowest BCUT2D eigenvalue weighted by Crippen LogP contribution is -2.41. The summed E-state index contributed by atoms with van der Waals surface area (Å²) < 4.78 is 20.1. The van der Waals surface area contributed by atoms with Gasteiger partial charge in [0.1, 0.15) is 5.82 Å². The Bertz CT molecular complexity index is 620. The second-order valence-corrected chi connectivity index (χ2v) is 7.53. The molecule has 0 aliphatic carbocycles. The van der Waals surface area contributed by atoms with Crippen molar-refractivity contribution in [3.8, 4) is 0 Å². The zero-order valence-corrected chi connectivity index (χ0v) is 14.7. The molecule has 0 radical (unpaired) electrons. The highest BCUT2D eigenvalue weighted by Crippen LogP contribution is 2.47. The summed E-state index contributed by atoms with van der Waals surface area (Å²) in [5.74, 6) is 1.97. The van der Waals surface area contributed by atoms with E-state index in [1.807, 2.05) is 13.1 Å². The van der Waals surface area contributed by atoms with Gasteiger partial charge in [0.05, 0.1) is 16.7 Å². The fourth-order valence-corrected chi connectivity index (χ4v) is 4.54. The smallest absolute Gasteiger partial charge is 0.193 e. The van der Waals surface area contributed by atoms with E-state index in [9.17, 15) is 4.39 Å². The number of guanidine groups is 1. The van der Waals surface area contributed by atoms with Crippen LogP contribution in [0.5, 0.6) is 0 Å². The van der Waals surface area contributed by atoms with E-state index in [1.54, 1.807) is 12.1 Å². The highest BCUT2D eigenvalue weighted by atomic mass is 79.9. The molecule has 3 saturated heterocycles. The van der Waals surface area contributed by atoms with Crippen LogP contribution in [-0.4, -0.2) is 43.2 Å². The van der Waals surface area contributed by atoms with Crippen molar-refractivity contribution < 1.29 is 9.13 Å². The third-order valence-corrected chi connectivity index (χ3v) is 6.04. The van der Waals surface area contributed by atoms with Gasteiger partial charge in [0, 0.05) is 38.5 Å². The molecule has 2 bridgehead atoms. The van der Waals surface area contributed by atoms with Crippen LogP contribution in [0.2, 0.25) is 0 Å². The first-order valence-corrected chi connectivity index (χ1v) is 9.00. The lowest BCUT2D eigenvalue weighted by molar-refractivity contribution is 0.0767. The Balaban J connectivity index is 1.39. The maximum Gasteiger partial charge on any atom is 0.193 e. The fourth-order valence-electron chi connectivity index (χ4n) is 4.30. The monoisotopic (exact) mass is 381 g/mol. The largest absolute Gasteiger partial charge is 0.374 e. The van der Waals surface area contributed by atoms with Gasteiger partial charge >= 0.3 is 0 Å². The lowest BCUT2D eigenvalue weighted by atomic mass is 9.82. The predicted molar refractivity (Wildman–Crippen MR) is 90.7 cm³/mol. The summed E-state index contributed by atoms with van der Waals surface area (Å²) in [6.45, 7) is 2.60. The zero-order valence-electron chi connectivity index (χ0n) is 13.1. The molecular formula is C17H21BrFN3O. The van der Waals surface area contributed by atoms with Crippen LogP contribution >= 0.6 is 15.9 Å². The van der Waals surface area contributed by atoms with Crippen molar-refractivity contribution >= 4 is 21.9 Å². The first kappa shape index (κ1) is 15.4. The van der Waals surface area contributed by atoms with Gasteiger partial charge in [-0.2, -0.15) is 0 Å². The van der Waals surface area contributed by atoms with Crippen molar-refractivity contribution in [1.29, 1.82) is 0 Å². The Hall–Kier alpha value is -1.14. The second-order valence-electron chi connectivity index (χ2n) is 6.67. The first-order chi connectivity index (χ1) is 11.2. The Morgan fingerprint density at radius 1 is 1.35 bits per heavy atom. The number of aliphatic imine (C=N–C) groups is 1. The van der Waals surface area contributed by atoms with E-state index in [2.05, 4.69) is 31.1 Å². The number of rotatable bonds is 2. The summed E-state index contributed by atoms with van der Waals surface area (Å²) in [5, 5.41) is 3.37. The van der Waals surface area contributed by atoms with Crippen LogP contribution in [0.3, 0.4) is 0 Å². The zero-order chi connectivity index (χ0) is 16.0. The highest BCUT2D eigenvalue weighted by Gasteiger charge is 2.53. The Morgan fingerprint density at radius 2 is 2.04 bits per heavy atom. The number of nitrogens with zero attached hydrogens (tertiary/aromatic N) is 2. The summed E-state index contributed by atoms with van der Waals surface area (Å²) in [7, 11) is 1.81. The van der Waals surface area contributed by atoms with Gasteiger partial charge in [-0.3, -0.25) is 4.99 Å². The highest BCUT2D eigenvalue weighted by molar-refractivity contribution is 9.10. The molecule has 124 valence electrons. The minimum absolute atomic E-state index is 0.233. The quantitative estimate of drug-likeness (QED) is 0.632. The molecule has 3 aliphatic rings. The molecule has 4 rings (SSSR count). The number of hydrogen-bond donors (Lipinski definition) is 1. The molecule has 3 fully saturated rings. The van der Waals surface area contributed by atoms with Crippen LogP contribution in [0.1, 0.15) is 18.4 Å². The Labute approximate surface area is 144 Å². The van der Waals surface area contributed by atoms with E-state index in [1.165, 1.54) is 12.8 Å².